The second kappa shape index (κ2) is 8.90. The van der Waals surface area contributed by atoms with Gasteiger partial charge in [-0.3, -0.25) is 4.79 Å². The van der Waals surface area contributed by atoms with Crippen molar-refractivity contribution in [3.05, 3.63) is 52.5 Å². The minimum atomic E-state index is -0.197. The summed E-state index contributed by atoms with van der Waals surface area (Å²) in [6.45, 7) is 8.68. The van der Waals surface area contributed by atoms with Crippen LogP contribution in [0.3, 0.4) is 0 Å². The van der Waals surface area contributed by atoms with Gasteiger partial charge >= 0.3 is 0 Å². The Balaban J connectivity index is 2.13. The van der Waals surface area contributed by atoms with Crippen LogP contribution in [-0.4, -0.2) is 18.6 Å². The van der Waals surface area contributed by atoms with E-state index in [1.54, 1.807) is 18.2 Å². The third-order valence-electron chi connectivity index (χ3n) is 3.26. The molecule has 4 nitrogen and oxygen atoms in total. The van der Waals surface area contributed by atoms with Crippen molar-refractivity contribution in [1.82, 2.24) is 0 Å². The molecule has 0 spiro atoms. The van der Waals surface area contributed by atoms with Gasteiger partial charge in [0.05, 0.1) is 22.9 Å². The van der Waals surface area contributed by atoms with Crippen LogP contribution < -0.4 is 14.8 Å². The van der Waals surface area contributed by atoms with E-state index in [0.29, 0.717) is 35.3 Å². The summed E-state index contributed by atoms with van der Waals surface area (Å²) in [4.78, 5) is 12.6. The molecule has 0 aliphatic heterocycles. The maximum absolute atomic E-state index is 12.6. The summed E-state index contributed by atoms with van der Waals surface area (Å²) in [6, 6.07) is 12.7. The average Bonchev–Trinajstić information content (AvgIpc) is 2.55. The van der Waals surface area contributed by atoms with Crippen LogP contribution in [-0.2, 0) is 0 Å². The van der Waals surface area contributed by atoms with E-state index in [9.17, 15) is 4.79 Å². The smallest absolute Gasteiger partial charge is 0.255 e. The highest BCUT2D eigenvalue weighted by atomic mass is 79.9. The van der Waals surface area contributed by atoms with Crippen molar-refractivity contribution in [2.75, 3.05) is 11.9 Å². The average molecular weight is 406 g/mol. The van der Waals surface area contributed by atoms with Crippen molar-refractivity contribution in [1.29, 1.82) is 0 Å². The first-order chi connectivity index (χ1) is 11.9. The predicted molar refractivity (Wildman–Crippen MR) is 105 cm³/mol. The van der Waals surface area contributed by atoms with Crippen LogP contribution >= 0.6 is 15.9 Å². The largest absolute Gasteiger partial charge is 0.491 e. The molecule has 0 saturated carbocycles. The normalized spacial score (nSPS) is 10.8. The summed E-state index contributed by atoms with van der Waals surface area (Å²) in [7, 11) is 0. The highest BCUT2D eigenvalue weighted by molar-refractivity contribution is 9.10. The lowest BCUT2D eigenvalue weighted by molar-refractivity contribution is 0.102. The lowest BCUT2D eigenvalue weighted by Crippen LogP contribution is -2.14. The number of hydrogen-bond acceptors (Lipinski definition) is 3. The van der Waals surface area contributed by atoms with E-state index in [4.69, 9.17) is 9.47 Å². The molecule has 2 aromatic carbocycles. The molecule has 0 unspecified atom stereocenters. The zero-order valence-corrected chi connectivity index (χ0v) is 16.6. The van der Waals surface area contributed by atoms with Gasteiger partial charge in [-0.25, -0.2) is 0 Å². The van der Waals surface area contributed by atoms with Crippen molar-refractivity contribution in [2.24, 2.45) is 5.92 Å². The van der Waals surface area contributed by atoms with Gasteiger partial charge in [-0.05, 0) is 66.0 Å². The van der Waals surface area contributed by atoms with Gasteiger partial charge in [0.25, 0.3) is 5.91 Å². The fourth-order valence-electron chi connectivity index (χ4n) is 2.14. The third-order valence-corrected chi connectivity index (χ3v) is 3.88. The van der Waals surface area contributed by atoms with E-state index in [1.165, 1.54) is 0 Å². The molecule has 0 atom stereocenters. The molecule has 0 fully saturated rings. The topological polar surface area (TPSA) is 47.6 Å². The number of hydrogen-bond donors (Lipinski definition) is 1. The van der Waals surface area contributed by atoms with Crippen LogP contribution in [0.5, 0.6) is 11.5 Å². The molecular weight excluding hydrogens is 382 g/mol. The molecule has 0 saturated heterocycles. The molecule has 2 rings (SSSR count). The number of halogens is 1. The maximum atomic E-state index is 12.6. The molecule has 0 bridgehead atoms. The maximum Gasteiger partial charge on any atom is 0.255 e. The molecule has 2 aromatic rings. The highest BCUT2D eigenvalue weighted by Crippen LogP contribution is 2.29. The number of para-hydroxylation sites is 2. The van der Waals surface area contributed by atoms with Crippen molar-refractivity contribution in [3.8, 4) is 11.5 Å². The van der Waals surface area contributed by atoms with Gasteiger partial charge in [0.2, 0.25) is 0 Å². The van der Waals surface area contributed by atoms with E-state index in [0.717, 1.165) is 4.47 Å². The summed E-state index contributed by atoms with van der Waals surface area (Å²) in [5.74, 6) is 1.60. The number of carbonyl (C=O) groups excluding carboxylic acids is 1. The molecule has 5 heteroatoms. The van der Waals surface area contributed by atoms with E-state index in [2.05, 4.69) is 35.1 Å². The number of nitrogens with one attached hydrogen (secondary N) is 1. The third kappa shape index (κ3) is 5.78. The Hall–Kier alpha value is -2.01. The number of rotatable bonds is 7. The Bertz CT molecular complexity index is 729. The molecule has 1 N–H and O–H groups in total. The van der Waals surface area contributed by atoms with Crippen LogP contribution in [0.2, 0.25) is 0 Å². The molecule has 0 aliphatic rings. The number of amides is 1. The van der Waals surface area contributed by atoms with Crippen LogP contribution in [0.1, 0.15) is 38.1 Å². The Morgan fingerprint density at radius 2 is 1.80 bits per heavy atom. The second-order valence-electron chi connectivity index (χ2n) is 6.47. The van der Waals surface area contributed by atoms with E-state index >= 15 is 0 Å². The Kier molecular flexibility index (Phi) is 6.88. The number of ether oxygens (including phenoxy) is 2. The van der Waals surface area contributed by atoms with Gasteiger partial charge in [-0.2, -0.15) is 0 Å². The van der Waals surface area contributed by atoms with Crippen molar-refractivity contribution in [2.45, 2.75) is 33.8 Å². The fraction of sp³-hybridized carbons (Fsp3) is 0.350. The van der Waals surface area contributed by atoms with Crippen LogP contribution in [0.15, 0.2) is 46.9 Å². The summed E-state index contributed by atoms with van der Waals surface area (Å²) in [5.41, 5.74) is 1.20. The molecule has 0 radical (unpaired) electrons. The summed E-state index contributed by atoms with van der Waals surface area (Å²) < 4.78 is 12.2. The Morgan fingerprint density at radius 3 is 2.44 bits per heavy atom. The monoisotopic (exact) mass is 405 g/mol. The molecule has 134 valence electrons. The molecule has 0 heterocycles. The number of benzene rings is 2. The predicted octanol–water partition coefficient (Wildman–Crippen LogP) is 5.52. The number of anilines is 1. The zero-order valence-electron chi connectivity index (χ0n) is 15.0. The van der Waals surface area contributed by atoms with Gasteiger partial charge in [-0.15, -0.1) is 0 Å². The van der Waals surface area contributed by atoms with E-state index in [1.807, 2.05) is 38.1 Å². The van der Waals surface area contributed by atoms with Gasteiger partial charge in [0.15, 0.2) is 0 Å². The first kappa shape index (κ1) is 19.3. The van der Waals surface area contributed by atoms with Crippen LogP contribution in [0.25, 0.3) is 0 Å². The lowest BCUT2D eigenvalue weighted by Gasteiger charge is -2.15. The van der Waals surface area contributed by atoms with Gasteiger partial charge in [-0.1, -0.05) is 26.0 Å². The first-order valence-corrected chi connectivity index (χ1v) is 9.15. The number of carbonyl (C=O) groups is 1. The molecule has 1 amide bonds. The Morgan fingerprint density at radius 1 is 1.08 bits per heavy atom. The van der Waals surface area contributed by atoms with Gasteiger partial charge in [0, 0.05) is 5.56 Å². The zero-order chi connectivity index (χ0) is 18.4. The first-order valence-electron chi connectivity index (χ1n) is 8.36. The standard InChI is InChI=1S/C20H24BrNO3/c1-13(2)12-24-19-8-6-5-7-17(19)22-20(23)15-9-10-18(16(21)11-15)25-14(3)4/h5-11,13-14H,12H2,1-4H3,(H,22,23). The molecular formula is C20H24BrNO3. The summed E-state index contributed by atoms with van der Waals surface area (Å²) in [5, 5.41) is 2.91. The molecule has 25 heavy (non-hydrogen) atoms. The lowest BCUT2D eigenvalue weighted by atomic mass is 10.2. The minimum Gasteiger partial charge on any atom is -0.491 e. The molecule has 0 aliphatic carbocycles. The molecule has 0 aromatic heterocycles. The van der Waals surface area contributed by atoms with E-state index in [-0.39, 0.29) is 12.0 Å². The highest BCUT2D eigenvalue weighted by Gasteiger charge is 2.13. The quantitative estimate of drug-likeness (QED) is 0.658. The summed E-state index contributed by atoms with van der Waals surface area (Å²) >= 11 is 3.45. The SMILES string of the molecule is CC(C)COc1ccccc1NC(=O)c1ccc(OC(C)C)c(Br)c1. The van der Waals surface area contributed by atoms with Crippen molar-refractivity contribution in [3.63, 3.8) is 0 Å². The van der Waals surface area contributed by atoms with Crippen molar-refractivity contribution >= 4 is 27.5 Å². The summed E-state index contributed by atoms with van der Waals surface area (Å²) in [6.07, 6.45) is 0.0703. The second-order valence-corrected chi connectivity index (χ2v) is 7.32. The van der Waals surface area contributed by atoms with Crippen LogP contribution in [0.4, 0.5) is 5.69 Å². The Labute approximate surface area is 157 Å². The minimum absolute atomic E-state index is 0.0703. The van der Waals surface area contributed by atoms with Crippen LogP contribution in [0, 0.1) is 5.92 Å². The van der Waals surface area contributed by atoms with Gasteiger partial charge < -0.3 is 14.8 Å². The van der Waals surface area contributed by atoms with E-state index < -0.39 is 0 Å². The van der Waals surface area contributed by atoms with Crippen molar-refractivity contribution < 1.29 is 14.3 Å². The fourth-order valence-corrected chi connectivity index (χ4v) is 2.61. The van der Waals surface area contributed by atoms with Gasteiger partial charge in [0.1, 0.15) is 11.5 Å².